The lowest BCUT2D eigenvalue weighted by Crippen LogP contribution is -2.35. The molecule has 25 heavy (non-hydrogen) atoms. The van der Waals surface area contributed by atoms with Gasteiger partial charge in [-0.1, -0.05) is 18.2 Å². The predicted molar refractivity (Wildman–Crippen MR) is 95.3 cm³/mol. The number of hydrogen-bond donors (Lipinski definition) is 1. The minimum Gasteiger partial charge on any atom is -0.334 e. The Morgan fingerprint density at radius 3 is 2.80 bits per heavy atom. The van der Waals surface area contributed by atoms with E-state index in [4.69, 9.17) is 0 Å². The van der Waals surface area contributed by atoms with Gasteiger partial charge < -0.3 is 10.2 Å². The summed E-state index contributed by atoms with van der Waals surface area (Å²) >= 11 is 0. The van der Waals surface area contributed by atoms with E-state index in [1.807, 2.05) is 30.0 Å². The lowest BCUT2D eigenvalue weighted by atomic mass is 10.1. The van der Waals surface area contributed by atoms with Crippen LogP contribution in [0.1, 0.15) is 36.2 Å². The molecule has 1 aliphatic rings. The molecule has 1 N–H and O–H groups in total. The fourth-order valence-electron chi connectivity index (χ4n) is 3.28. The van der Waals surface area contributed by atoms with E-state index < -0.39 is 0 Å². The van der Waals surface area contributed by atoms with E-state index in [1.165, 1.54) is 12.1 Å². The normalized spacial score (nSPS) is 17.3. The molecule has 0 unspecified atom stereocenters. The molecule has 1 amide bonds. The van der Waals surface area contributed by atoms with Gasteiger partial charge in [-0.25, -0.2) is 4.39 Å². The van der Waals surface area contributed by atoms with Crippen LogP contribution in [0, 0.1) is 12.7 Å². The summed E-state index contributed by atoms with van der Waals surface area (Å²) < 4.78 is 12.9. The highest BCUT2D eigenvalue weighted by Gasteiger charge is 2.30. The summed E-state index contributed by atoms with van der Waals surface area (Å²) in [6.07, 6.45) is 2.44. The van der Waals surface area contributed by atoms with Crippen LogP contribution in [0.2, 0.25) is 0 Å². The summed E-state index contributed by atoms with van der Waals surface area (Å²) in [5.74, 6) is 0.000425. The van der Waals surface area contributed by atoms with Crippen LogP contribution in [-0.4, -0.2) is 28.4 Å². The van der Waals surface area contributed by atoms with Crippen molar-refractivity contribution in [1.29, 1.82) is 0 Å². The number of nitrogens with zero attached hydrogens (tertiary/aromatic N) is 2. The Morgan fingerprint density at radius 2 is 2.04 bits per heavy atom. The summed E-state index contributed by atoms with van der Waals surface area (Å²) in [6, 6.07) is 12.7. The quantitative estimate of drug-likeness (QED) is 0.787. The Hall–Kier alpha value is -2.27. The smallest absolute Gasteiger partial charge is 0.223 e. The van der Waals surface area contributed by atoms with Crippen molar-refractivity contribution in [2.75, 3.05) is 6.54 Å². The molecule has 2 aromatic rings. The molecular formula is C20H24FN3O. The Kier molecular flexibility index (Phi) is 5.76. The zero-order chi connectivity index (χ0) is 17.6. The van der Waals surface area contributed by atoms with Gasteiger partial charge in [-0.15, -0.1) is 0 Å². The zero-order valence-corrected chi connectivity index (χ0v) is 14.5. The van der Waals surface area contributed by atoms with E-state index in [2.05, 4.69) is 10.3 Å². The third-order valence-electron chi connectivity index (χ3n) is 4.63. The highest BCUT2D eigenvalue weighted by Crippen LogP contribution is 2.23. The summed E-state index contributed by atoms with van der Waals surface area (Å²) in [4.78, 5) is 18.7. The van der Waals surface area contributed by atoms with Gasteiger partial charge in [0.2, 0.25) is 5.91 Å². The summed E-state index contributed by atoms with van der Waals surface area (Å²) in [5, 5.41) is 3.38. The van der Waals surface area contributed by atoms with Gasteiger partial charge in [0.25, 0.3) is 0 Å². The van der Waals surface area contributed by atoms with E-state index >= 15 is 0 Å². The predicted octanol–water partition coefficient (Wildman–Crippen LogP) is 3.20. The number of rotatable bonds is 7. The van der Waals surface area contributed by atoms with Crippen LogP contribution in [0.3, 0.4) is 0 Å². The van der Waals surface area contributed by atoms with Crippen molar-refractivity contribution in [3.63, 3.8) is 0 Å². The van der Waals surface area contributed by atoms with Crippen LogP contribution in [0.15, 0.2) is 42.5 Å². The first-order chi connectivity index (χ1) is 12.1. The number of carbonyl (C=O) groups excluding carboxylic acids is 1. The number of hydrogen-bond acceptors (Lipinski definition) is 3. The summed E-state index contributed by atoms with van der Waals surface area (Å²) in [5.41, 5.74) is 2.98. The van der Waals surface area contributed by atoms with Gasteiger partial charge >= 0.3 is 0 Å². The average molecular weight is 341 g/mol. The molecule has 4 nitrogen and oxygen atoms in total. The van der Waals surface area contributed by atoms with Crippen molar-refractivity contribution in [3.05, 3.63) is 65.2 Å². The van der Waals surface area contributed by atoms with E-state index in [-0.39, 0.29) is 17.8 Å². The number of amides is 1. The third kappa shape index (κ3) is 4.86. The first-order valence-corrected chi connectivity index (χ1v) is 8.79. The molecule has 5 heteroatoms. The summed E-state index contributed by atoms with van der Waals surface area (Å²) in [7, 11) is 0. The molecule has 3 rings (SSSR count). The Balaban J connectivity index is 1.49. The number of halogens is 1. The van der Waals surface area contributed by atoms with E-state index in [0.717, 1.165) is 36.3 Å². The van der Waals surface area contributed by atoms with Gasteiger partial charge in [0, 0.05) is 24.7 Å². The topological polar surface area (TPSA) is 45.2 Å². The van der Waals surface area contributed by atoms with Crippen molar-refractivity contribution in [1.82, 2.24) is 15.2 Å². The van der Waals surface area contributed by atoms with Crippen LogP contribution < -0.4 is 5.32 Å². The lowest BCUT2D eigenvalue weighted by molar-refractivity contribution is -0.129. The molecular weight excluding hydrogens is 317 g/mol. The standard InChI is InChI=1S/C20H24FN3O/c1-15-3-2-4-18(23-15)14-24-19(9-10-20(24)25)11-12-22-13-16-5-7-17(21)8-6-16/h2-8,19,22H,9-14H2,1H3/t19-/m0/s1. The second kappa shape index (κ2) is 8.21. The van der Waals surface area contributed by atoms with Crippen LogP contribution in [0.5, 0.6) is 0 Å². The first kappa shape index (κ1) is 17.5. The monoisotopic (exact) mass is 341 g/mol. The molecule has 1 fully saturated rings. The molecule has 1 aromatic heterocycles. The number of pyridine rings is 1. The summed E-state index contributed by atoms with van der Waals surface area (Å²) in [6.45, 7) is 4.09. The second-order valence-electron chi connectivity index (χ2n) is 6.58. The zero-order valence-electron chi connectivity index (χ0n) is 14.5. The lowest BCUT2D eigenvalue weighted by Gasteiger charge is -2.25. The van der Waals surface area contributed by atoms with E-state index in [1.54, 1.807) is 12.1 Å². The van der Waals surface area contributed by atoms with Crippen molar-refractivity contribution < 1.29 is 9.18 Å². The molecule has 0 spiro atoms. The van der Waals surface area contributed by atoms with Crippen LogP contribution in [0.4, 0.5) is 4.39 Å². The highest BCUT2D eigenvalue weighted by atomic mass is 19.1. The maximum absolute atomic E-state index is 12.9. The molecule has 1 aliphatic heterocycles. The van der Waals surface area contributed by atoms with Crippen LogP contribution in [0.25, 0.3) is 0 Å². The minimum absolute atomic E-state index is 0.214. The van der Waals surface area contributed by atoms with Gasteiger partial charge in [0.05, 0.1) is 12.2 Å². The molecule has 132 valence electrons. The third-order valence-corrected chi connectivity index (χ3v) is 4.63. The molecule has 2 heterocycles. The van der Waals surface area contributed by atoms with E-state index in [0.29, 0.717) is 19.5 Å². The SMILES string of the molecule is Cc1cccc(CN2C(=O)CC[C@H]2CCNCc2ccc(F)cc2)n1. The van der Waals surface area contributed by atoms with Gasteiger partial charge in [0.1, 0.15) is 5.82 Å². The van der Waals surface area contributed by atoms with Crippen molar-refractivity contribution in [3.8, 4) is 0 Å². The van der Waals surface area contributed by atoms with Crippen molar-refractivity contribution in [2.45, 2.75) is 45.3 Å². The molecule has 0 aliphatic carbocycles. The van der Waals surface area contributed by atoms with Crippen molar-refractivity contribution >= 4 is 5.91 Å². The van der Waals surface area contributed by atoms with Gasteiger partial charge in [-0.2, -0.15) is 0 Å². The fraction of sp³-hybridized carbons (Fsp3) is 0.400. The minimum atomic E-state index is -0.214. The molecule has 1 aromatic carbocycles. The first-order valence-electron chi connectivity index (χ1n) is 8.79. The van der Waals surface area contributed by atoms with Crippen molar-refractivity contribution in [2.24, 2.45) is 0 Å². The van der Waals surface area contributed by atoms with Gasteiger partial charge in [-0.05, 0) is 56.1 Å². The van der Waals surface area contributed by atoms with Crippen LogP contribution in [-0.2, 0) is 17.9 Å². The average Bonchev–Trinajstić information content (AvgIpc) is 2.94. The molecule has 1 atom stereocenters. The molecule has 0 radical (unpaired) electrons. The Labute approximate surface area is 148 Å². The number of likely N-dealkylation sites (tertiary alicyclic amines) is 1. The maximum atomic E-state index is 12.9. The maximum Gasteiger partial charge on any atom is 0.223 e. The Bertz CT molecular complexity index is 717. The molecule has 1 saturated heterocycles. The van der Waals surface area contributed by atoms with Gasteiger partial charge in [-0.3, -0.25) is 9.78 Å². The number of nitrogens with one attached hydrogen (secondary N) is 1. The molecule has 0 bridgehead atoms. The second-order valence-corrected chi connectivity index (χ2v) is 6.58. The number of aromatic nitrogens is 1. The number of aryl methyl sites for hydroxylation is 1. The molecule has 0 saturated carbocycles. The fourth-order valence-corrected chi connectivity index (χ4v) is 3.28. The number of carbonyl (C=O) groups is 1. The largest absolute Gasteiger partial charge is 0.334 e. The highest BCUT2D eigenvalue weighted by molar-refractivity contribution is 5.78. The Morgan fingerprint density at radius 1 is 1.24 bits per heavy atom. The van der Waals surface area contributed by atoms with E-state index in [9.17, 15) is 9.18 Å². The van der Waals surface area contributed by atoms with Crippen LogP contribution >= 0.6 is 0 Å². The number of benzene rings is 1. The van der Waals surface area contributed by atoms with Gasteiger partial charge in [0.15, 0.2) is 0 Å².